The Hall–Kier alpha value is -0.790. The van der Waals surface area contributed by atoms with Crippen molar-refractivity contribution in [2.24, 2.45) is 4.99 Å². The van der Waals surface area contributed by atoms with Crippen LogP contribution in [0.15, 0.2) is 16.9 Å². The number of rotatable bonds is 2. The van der Waals surface area contributed by atoms with E-state index in [0.29, 0.717) is 0 Å². The van der Waals surface area contributed by atoms with Crippen LogP contribution >= 0.6 is 0 Å². The molecule has 0 aliphatic rings. The maximum atomic E-state index is 4.17. The van der Waals surface area contributed by atoms with Crippen molar-refractivity contribution in [3.8, 4) is 0 Å². The van der Waals surface area contributed by atoms with Crippen molar-refractivity contribution in [1.82, 2.24) is 4.90 Å². The zero-order chi connectivity index (χ0) is 9.78. The first-order valence-electron chi connectivity index (χ1n) is 4.28. The van der Waals surface area contributed by atoms with E-state index in [4.69, 9.17) is 0 Å². The van der Waals surface area contributed by atoms with Gasteiger partial charge in [0.1, 0.15) is 0 Å². The van der Waals surface area contributed by atoms with Gasteiger partial charge in [-0.15, -0.1) is 0 Å². The second-order valence-electron chi connectivity index (χ2n) is 3.94. The molecule has 0 aromatic carbocycles. The molecule has 0 spiro atoms. The summed E-state index contributed by atoms with van der Waals surface area (Å²) < 4.78 is 0. The molecular weight excluding hydrogens is 148 g/mol. The molecule has 0 aromatic rings. The molecule has 0 N–H and O–H groups in total. The largest absolute Gasteiger partial charge is 0.374 e. The first-order valence-corrected chi connectivity index (χ1v) is 4.28. The molecule has 70 valence electrons. The molecule has 0 aliphatic heterocycles. The summed E-state index contributed by atoms with van der Waals surface area (Å²) in [6, 6.07) is 0. The lowest BCUT2D eigenvalue weighted by molar-refractivity contribution is 0.248. The second-order valence-corrected chi connectivity index (χ2v) is 3.94. The number of hydrogen-bond donors (Lipinski definition) is 0. The average molecular weight is 168 g/mol. The monoisotopic (exact) mass is 168 g/mol. The van der Waals surface area contributed by atoms with Crippen LogP contribution in [0, 0.1) is 0 Å². The zero-order valence-electron chi connectivity index (χ0n) is 9.05. The standard InChI is InChI=1S/C10H20N2/c1-7-11-9(2)8-12(6)10(3,4)5/h7-8H,1-6H3/b9-8-,11-7?. The summed E-state index contributed by atoms with van der Waals surface area (Å²) in [5.74, 6) is 0. The van der Waals surface area contributed by atoms with Gasteiger partial charge in [-0.1, -0.05) is 0 Å². The molecule has 0 atom stereocenters. The highest BCUT2D eigenvalue weighted by molar-refractivity contribution is 5.55. The molecule has 0 radical (unpaired) electrons. The van der Waals surface area contributed by atoms with Crippen LogP contribution in [0.1, 0.15) is 34.6 Å². The Balaban J connectivity index is 4.33. The summed E-state index contributed by atoms with van der Waals surface area (Å²) in [6.07, 6.45) is 3.86. The van der Waals surface area contributed by atoms with E-state index in [1.165, 1.54) is 0 Å². The van der Waals surface area contributed by atoms with Crippen LogP contribution in [0.5, 0.6) is 0 Å². The van der Waals surface area contributed by atoms with E-state index in [9.17, 15) is 0 Å². The predicted octanol–water partition coefficient (Wildman–Crippen LogP) is 2.67. The molecule has 0 heterocycles. The summed E-state index contributed by atoms with van der Waals surface area (Å²) in [6.45, 7) is 10.4. The van der Waals surface area contributed by atoms with E-state index in [0.717, 1.165) is 5.70 Å². The molecule has 0 aromatic heterocycles. The summed E-state index contributed by atoms with van der Waals surface area (Å²) in [7, 11) is 2.06. The van der Waals surface area contributed by atoms with E-state index in [2.05, 4.69) is 43.9 Å². The van der Waals surface area contributed by atoms with E-state index < -0.39 is 0 Å². The van der Waals surface area contributed by atoms with Crippen molar-refractivity contribution in [2.75, 3.05) is 7.05 Å². The highest BCUT2D eigenvalue weighted by atomic mass is 15.1. The minimum Gasteiger partial charge on any atom is -0.374 e. The van der Waals surface area contributed by atoms with Gasteiger partial charge in [0.2, 0.25) is 0 Å². The van der Waals surface area contributed by atoms with Crippen LogP contribution in [0.25, 0.3) is 0 Å². The highest BCUT2D eigenvalue weighted by Crippen LogP contribution is 2.12. The van der Waals surface area contributed by atoms with E-state index in [1.54, 1.807) is 0 Å². The van der Waals surface area contributed by atoms with Crippen LogP contribution in [0.2, 0.25) is 0 Å². The molecule has 0 rings (SSSR count). The summed E-state index contributed by atoms with van der Waals surface area (Å²) >= 11 is 0. The Kier molecular flexibility index (Phi) is 4.01. The van der Waals surface area contributed by atoms with E-state index in [1.807, 2.05) is 20.1 Å². The normalized spacial score (nSPS) is 14.0. The highest BCUT2D eigenvalue weighted by Gasteiger charge is 2.13. The minimum absolute atomic E-state index is 0.171. The third-order valence-electron chi connectivity index (χ3n) is 1.77. The summed E-state index contributed by atoms with van der Waals surface area (Å²) in [4.78, 5) is 6.33. The van der Waals surface area contributed by atoms with E-state index >= 15 is 0 Å². The van der Waals surface area contributed by atoms with Crippen molar-refractivity contribution in [1.29, 1.82) is 0 Å². The SMILES string of the molecule is CC=N/C(C)=C\N(C)C(C)(C)C. The smallest absolute Gasteiger partial charge is 0.0527 e. The maximum absolute atomic E-state index is 4.17. The average Bonchev–Trinajstić information content (AvgIpc) is 1.85. The molecule has 0 saturated heterocycles. The quantitative estimate of drug-likeness (QED) is 0.579. The Morgan fingerprint density at radius 2 is 1.83 bits per heavy atom. The second kappa shape index (κ2) is 4.29. The minimum atomic E-state index is 0.171. The van der Waals surface area contributed by atoms with Crippen LogP contribution in [0.4, 0.5) is 0 Å². The third-order valence-corrected chi connectivity index (χ3v) is 1.77. The summed E-state index contributed by atoms with van der Waals surface area (Å²) in [5.41, 5.74) is 1.21. The fraction of sp³-hybridized carbons (Fsp3) is 0.700. The molecular formula is C10H20N2. The summed E-state index contributed by atoms with van der Waals surface area (Å²) in [5, 5.41) is 0. The van der Waals surface area contributed by atoms with Crippen molar-refractivity contribution < 1.29 is 0 Å². The Bertz CT molecular complexity index is 185. The van der Waals surface area contributed by atoms with Crippen molar-refractivity contribution in [3.05, 3.63) is 11.9 Å². The van der Waals surface area contributed by atoms with Gasteiger partial charge in [-0.3, -0.25) is 4.99 Å². The Morgan fingerprint density at radius 3 is 2.17 bits per heavy atom. The molecule has 0 unspecified atom stereocenters. The lowest BCUT2D eigenvalue weighted by atomic mass is 10.1. The predicted molar refractivity (Wildman–Crippen MR) is 55.4 cm³/mol. The molecule has 0 aliphatic carbocycles. The van der Waals surface area contributed by atoms with Gasteiger partial charge < -0.3 is 4.90 Å². The van der Waals surface area contributed by atoms with Gasteiger partial charge in [0.05, 0.1) is 5.70 Å². The topological polar surface area (TPSA) is 15.6 Å². The van der Waals surface area contributed by atoms with Crippen LogP contribution in [-0.4, -0.2) is 23.7 Å². The van der Waals surface area contributed by atoms with Gasteiger partial charge >= 0.3 is 0 Å². The molecule has 0 saturated carbocycles. The number of allylic oxidation sites excluding steroid dienone is 1. The molecule has 2 heteroatoms. The number of nitrogens with zero attached hydrogens (tertiary/aromatic N) is 2. The third kappa shape index (κ3) is 4.16. The molecule has 0 bridgehead atoms. The lowest BCUT2D eigenvalue weighted by Crippen LogP contribution is -2.33. The van der Waals surface area contributed by atoms with Gasteiger partial charge in [0, 0.05) is 25.0 Å². The van der Waals surface area contributed by atoms with Gasteiger partial charge in [-0.25, -0.2) is 0 Å². The Labute approximate surface area is 76.0 Å². The zero-order valence-corrected chi connectivity index (χ0v) is 9.05. The van der Waals surface area contributed by atoms with Crippen molar-refractivity contribution in [2.45, 2.75) is 40.2 Å². The first-order chi connectivity index (χ1) is 5.38. The van der Waals surface area contributed by atoms with Crippen LogP contribution in [0.3, 0.4) is 0 Å². The molecule has 0 fully saturated rings. The number of hydrogen-bond acceptors (Lipinski definition) is 2. The molecule has 0 amide bonds. The fourth-order valence-electron chi connectivity index (χ4n) is 0.711. The van der Waals surface area contributed by atoms with Gasteiger partial charge in [-0.05, 0) is 34.6 Å². The van der Waals surface area contributed by atoms with E-state index in [-0.39, 0.29) is 5.54 Å². The van der Waals surface area contributed by atoms with Gasteiger partial charge in [0.15, 0.2) is 0 Å². The van der Waals surface area contributed by atoms with Gasteiger partial charge in [0.25, 0.3) is 0 Å². The lowest BCUT2D eigenvalue weighted by Gasteiger charge is -2.30. The maximum Gasteiger partial charge on any atom is 0.0527 e. The Morgan fingerprint density at radius 1 is 1.33 bits per heavy atom. The number of aliphatic imine (C=N–C) groups is 1. The first kappa shape index (κ1) is 11.2. The van der Waals surface area contributed by atoms with Crippen LogP contribution in [-0.2, 0) is 0 Å². The van der Waals surface area contributed by atoms with Crippen LogP contribution < -0.4 is 0 Å². The molecule has 2 nitrogen and oxygen atoms in total. The van der Waals surface area contributed by atoms with Gasteiger partial charge in [-0.2, -0.15) is 0 Å². The van der Waals surface area contributed by atoms with Crippen molar-refractivity contribution in [3.63, 3.8) is 0 Å². The fourth-order valence-corrected chi connectivity index (χ4v) is 0.711. The molecule has 12 heavy (non-hydrogen) atoms. The van der Waals surface area contributed by atoms with Crippen molar-refractivity contribution >= 4 is 6.21 Å².